The van der Waals surface area contributed by atoms with Crippen LogP contribution in [0, 0.1) is 6.92 Å². The first-order chi connectivity index (χ1) is 7.58. The maximum absolute atomic E-state index is 10.3. The van der Waals surface area contributed by atoms with Crippen LogP contribution in [0.1, 0.15) is 22.1 Å². The molecule has 0 fully saturated rings. The van der Waals surface area contributed by atoms with Gasteiger partial charge in [0.25, 0.3) is 0 Å². The zero-order chi connectivity index (χ0) is 11.7. The Morgan fingerprint density at radius 2 is 2.00 bits per heavy atom. The summed E-state index contributed by atoms with van der Waals surface area (Å²) in [7, 11) is 0. The lowest BCUT2D eigenvalue weighted by atomic mass is 10.0. The third-order valence-corrected chi connectivity index (χ3v) is 4.45. The molecule has 0 bridgehead atoms. The Morgan fingerprint density at radius 3 is 2.56 bits per heavy atom. The largest absolute Gasteiger partial charge is 0.384 e. The molecule has 1 N–H and O–H groups in total. The van der Waals surface area contributed by atoms with Gasteiger partial charge in [-0.3, -0.25) is 0 Å². The maximum Gasteiger partial charge on any atom is 0.105 e. The zero-order valence-electron chi connectivity index (χ0n) is 8.58. The first-order valence-corrected chi connectivity index (χ1v) is 7.17. The fourth-order valence-corrected chi connectivity index (χ4v) is 3.75. The summed E-state index contributed by atoms with van der Waals surface area (Å²) >= 11 is 8.49. The van der Waals surface area contributed by atoms with E-state index >= 15 is 0 Å². The molecule has 1 aromatic carbocycles. The van der Waals surface area contributed by atoms with E-state index in [0.29, 0.717) is 0 Å². The van der Waals surface area contributed by atoms with Crippen LogP contribution in [-0.4, -0.2) is 5.11 Å². The van der Waals surface area contributed by atoms with E-state index in [4.69, 9.17) is 0 Å². The molecule has 0 saturated carbocycles. The lowest BCUT2D eigenvalue weighted by molar-refractivity contribution is 0.220. The number of aliphatic hydroxyl groups is 1. The molecule has 0 spiro atoms. The summed E-state index contributed by atoms with van der Waals surface area (Å²) in [4.78, 5) is 1.14. The van der Waals surface area contributed by atoms with Gasteiger partial charge >= 0.3 is 0 Å². The van der Waals surface area contributed by atoms with Gasteiger partial charge < -0.3 is 5.11 Å². The van der Waals surface area contributed by atoms with Crippen molar-refractivity contribution < 1.29 is 5.11 Å². The molecule has 84 valence electrons. The monoisotopic (exact) mass is 360 g/mol. The fraction of sp³-hybridized carbons (Fsp3) is 0.167. The molecular weight excluding hydrogens is 352 g/mol. The SMILES string of the molecule is Cc1sc(Br)cc1C(O)c1cccc(Br)c1. The number of thiophene rings is 1. The van der Waals surface area contributed by atoms with Crippen molar-refractivity contribution >= 4 is 43.2 Å². The Balaban J connectivity index is 2.38. The van der Waals surface area contributed by atoms with Gasteiger partial charge in [0.05, 0.1) is 3.79 Å². The minimum Gasteiger partial charge on any atom is -0.384 e. The van der Waals surface area contributed by atoms with Gasteiger partial charge in [0, 0.05) is 9.35 Å². The van der Waals surface area contributed by atoms with Crippen molar-refractivity contribution in [2.75, 3.05) is 0 Å². The molecule has 1 aromatic heterocycles. The molecular formula is C12H10Br2OS. The van der Waals surface area contributed by atoms with E-state index in [0.717, 1.165) is 24.3 Å². The molecule has 1 atom stereocenters. The minimum atomic E-state index is -0.556. The van der Waals surface area contributed by atoms with E-state index in [1.807, 2.05) is 37.3 Å². The predicted octanol–water partition coefficient (Wildman–Crippen LogP) is 4.66. The van der Waals surface area contributed by atoms with Crippen LogP contribution in [0.3, 0.4) is 0 Å². The van der Waals surface area contributed by atoms with Crippen LogP contribution < -0.4 is 0 Å². The molecule has 0 saturated heterocycles. The van der Waals surface area contributed by atoms with Crippen LogP contribution in [0.5, 0.6) is 0 Å². The summed E-state index contributed by atoms with van der Waals surface area (Å²) in [6.07, 6.45) is -0.556. The highest BCUT2D eigenvalue weighted by Crippen LogP contribution is 2.34. The quantitative estimate of drug-likeness (QED) is 0.824. The normalized spacial score (nSPS) is 12.8. The Hall–Kier alpha value is -0.160. The summed E-state index contributed by atoms with van der Waals surface area (Å²) in [5.41, 5.74) is 1.87. The van der Waals surface area contributed by atoms with E-state index in [-0.39, 0.29) is 0 Å². The maximum atomic E-state index is 10.3. The lowest BCUT2D eigenvalue weighted by Crippen LogP contribution is -1.99. The van der Waals surface area contributed by atoms with Gasteiger partial charge in [-0.2, -0.15) is 0 Å². The van der Waals surface area contributed by atoms with Crippen LogP contribution in [0.15, 0.2) is 38.6 Å². The molecule has 0 radical (unpaired) electrons. The van der Waals surface area contributed by atoms with Crippen molar-refractivity contribution in [3.8, 4) is 0 Å². The van der Waals surface area contributed by atoms with Gasteiger partial charge in [0.1, 0.15) is 6.10 Å². The molecule has 2 aromatic rings. The highest BCUT2D eigenvalue weighted by molar-refractivity contribution is 9.11. The lowest BCUT2D eigenvalue weighted by Gasteiger charge is -2.11. The molecule has 0 aliphatic carbocycles. The van der Waals surface area contributed by atoms with Crippen LogP contribution in [-0.2, 0) is 0 Å². The summed E-state index contributed by atoms with van der Waals surface area (Å²) in [5.74, 6) is 0. The van der Waals surface area contributed by atoms with Gasteiger partial charge in [-0.15, -0.1) is 11.3 Å². The Kier molecular flexibility index (Phi) is 3.85. The number of benzene rings is 1. The van der Waals surface area contributed by atoms with Crippen LogP contribution in [0.4, 0.5) is 0 Å². The second kappa shape index (κ2) is 5.00. The Labute approximate surface area is 115 Å². The topological polar surface area (TPSA) is 20.2 Å². The van der Waals surface area contributed by atoms with E-state index in [1.54, 1.807) is 11.3 Å². The van der Waals surface area contributed by atoms with Crippen molar-refractivity contribution in [1.82, 2.24) is 0 Å². The zero-order valence-corrected chi connectivity index (χ0v) is 12.6. The second-order valence-electron chi connectivity index (χ2n) is 3.52. The van der Waals surface area contributed by atoms with E-state index < -0.39 is 6.10 Å². The summed E-state index contributed by atoms with van der Waals surface area (Å²) in [6, 6.07) is 9.73. The number of hydrogen-bond acceptors (Lipinski definition) is 2. The first-order valence-electron chi connectivity index (χ1n) is 4.77. The van der Waals surface area contributed by atoms with E-state index in [9.17, 15) is 5.11 Å². The molecule has 1 unspecified atom stereocenters. The summed E-state index contributed by atoms with van der Waals surface area (Å²) < 4.78 is 2.03. The minimum absolute atomic E-state index is 0.556. The average molecular weight is 362 g/mol. The standard InChI is InChI=1S/C12H10Br2OS/c1-7-10(6-11(14)16-7)12(15)8-3-2-4-9(13)5-8/h2-6,12,15H,1H3. The summed E-state index contributed by atoms with van der Waals surface area (Å²) in [5, 5.41) is 10.3. The average Bonchev–Trinajstić information content (AvgIpc) is 2.57. The second-order valence-corrected chi connectivity index (χ2v) is 7.07. The van der Waals surface area contributed by atoms with Gasteiger partial charge in [0.15, 0.2) is 0 Å². The smallest absolute Gasteiger partial charge is 0.105 e. The van der Waals surface area contributed by atoms with Crippen LogP contribution in [0.2, 0.25) is 0 Å². The van der Waals surface area contributed by atoms with Crippen LogP contribution >= 0.6 is 43.2 Å². The van der Waals surface area contributed by atoms with Crippen molar-refractivity contribution in [2.45, 2.75) is 13.0 Å². The molecule has 4 heteroatoms. The Bertz CT molecular complexity index is 507. The molecule has 16 heavy (non-hydrogen) atoms. The number of aliphatic hydroxyl groups excluding tert-OH is 1. The first kappa shape index (κ1) is 12.3. The molecule has 0 amide bonds. The third-order valence-electron chi connectivity index (χ3n) is 2.39. The third kappa shape index (κ3) is 2.56. The van der Waals surface area contributed by atoms with E-state index in [1.165, 1.54) is 0 Å². The van der Waals surface area contributed by atoms with Crippen molar-refractivity contribution in [2.24, 2.45) is 0 Å². The fourth-order valence-electron chi connectivity index (χ4n) is 1.59. The highest BCUT2D eigenvalue weighted by atomic mass is 79.9. The van der Waals surface area contributed by atoms with Crippen LogP contribution in [0.25, 0.3) is 0 Å². The van der Waals surface area contributed by atoms with Crippen molar-refractivity contribution in [3.63, 3.8) is 0 Å². The highest BCUT2D eigenvalue weighted by Gasteiger charge is 2.15. The number of hydrogen-bond donors (Lipinski definition) is 1. The van der Waals surface area contributed by atoms with Gasteiger partial charge in [-0.05, 0) is 52.2 Å². The predicted molar refractivity (Wildman–Crippen MR) is 75.0 cm³/mol. The number of halogens is 2. The number of aryl methyl sites for hydroxylation is 1. The van der Waals surface area contributed by atoms with Crippen molar-refractivity contribution in [1.29, 1.82) is 0 Å². The van der Waals surface area contributed by atoms with E-state index in [2.05, 4.69) is 31.9 Å². The van der Waals surface area contributed by atoms with Gasteiger partial charge in [0.2, 0.25) is 0 Å². The number of rotatable bonds is 2. The van der Waals surface area contributed by atoms with Gasteiger partial charge in [-0.1, -0.05) is 28.1 Å². The van der Waals surface area contributed by atoms with Crippen molar-refractivity contribution in [3.05, 3.63) is 54.6 Å². The Morgan fingerprint density at radius 1 is 1.25 bits per heavy atom. The molecule has 0 aliphatic heterocycles. The molecule has 2 rings (SSSR count). The van der Waals surface area contributed by atoms with Gasteiger partial charge in [-0.25, -0.2) is 0 Å². The molecule has 1 nitrogen and oxygen atoms in total. The summed E-state index contributed by atoms with van der Waals surface area (Å²) in [6.45, 7) is 2.02. The molecule has 0 aliphatic rings. The molecule has 1 heterocycles.